The summed E-state index contributed by atoms with van der Waals surface area (Å²) in [6.45, 7) is 0.521. The van der Waals surface area contributed by atoms with Gasteiger partial charge in [0.2, 0.25) is 0 Å². The molecule has 2 rings (SSSR count). The van der Waals surface area contributed by atoms with E-state index < -0.39 is 5.97 Å². The number of aromatic nitrogens is 1. The van der Waals surface area contributed by atoms with Crippen molar-refractivity contribution in [2.45, 2.75) is 19.5 Å². The number of carbonyl (C=O) groups is 2. The van der Waals surface area contributed by atoms with E-state index >= 15 is 0 Å². The van der Waals surface area contributed by atoms with Crippen LogP contribution in [0.25, 0.3) is 0 Å². The van der Waals surface area contributed by atoms with Crippen LogP contribution in [0, 0.1) is 0 Å². The average Bonchev–Trinajstić information content (AvgIpc) is 2.97. The molecule has 0 aliphatic carbocycles. The number of amides is 2. The van der Waals surface area contributed by atoms with Crippen LogP contribution in [0.3, 0.4) is 0 Å². The van der Waals surface area contributed by atoms with E-state index in [4.69, 9.17) is 5.11 Å². The van der Waals surface area contributed by atoms with E-state index in [-0.39, 0.29) is 25.5 Å². The molecule has 0 radical (unpaired) electrons. The molecule has 7 heteroatoms. The Balaban J connectivity index is 1.84. The van der Waals surface area contributed by atoms with Gasteiger partial charge in [-0.2, -0.15) is 0 Å². The van der Waals surface area contributed by atoms with Crippen molar-refractivity contribution in [3.63, 3.8) is 0 Å². The van der Waals surface area contributed by atoms with Crippen molar-refractivity contribution in [2.24, 2.45) is 0 Å². The Bertz CT molecular complexity index is 610. The number of urea groups is 1. The van der Waals surface area contributed by atoms with Gasteiger partial charge in [0.15, 0.2) is 0 Å². The van der Waals surface area contributed by atoms with Gasteiger partial charge in [0.25, 0.3) is 0 Å². The lowest BCUT2D eigenvalue weighted by Crippen LogP contribution is -2.34. The van der Waals surface area contributed by atoms with Crippen LogP contribution in [0.1, 0.15) is 16.8 Å². The molecule has 1 heterocycles. The first-order valence-corrected chi connectivity index (χ1v) is 6.34. The van der Waals surface area contributed by atoms with Crippen molar-refractivity contribution >= 4 is 12.0 Å². The van der Waals surface area contributed by atoms with Gasteiger partial charge in [-0.25, -0.2) is 4.79 Å². The highest BCUT2D eigenvalue weighted by molar-refractivity contribution is 5.74. The van der Waals surface area contributed by atoms with Crippen LogP contribution in [-0.4, -0.2) is 22.3 Å². The molecule has 0 unspecified atom stereocenters. The van der Waals surface area contributed by atoms with Gasteiger partial charge in [-0.15, -0.1) is 0 Å². The highest BCUT2D eigenvalue weighted by atomic mass is 16.5. The predicted octanol–water partition coefficient (Wildman–Crippen LogP) is 1.30. The van der Waals surface area contributed by atoms with Crippen molar-refractivity contribution in [2.75, 3.05) is 0 Å². The molecule has 110 valence electrons. The van der Waals surface area contributed by atoms with Crippen molar-refractivity contribution in [1.82, 2.24) is 15.8 Å². The maximum atomic E-state index is 11.6. The number of aliphatic carboxylic acids is 1. The first kappa shape index (κ1) is 14.6. The first-order chi connectivity index (χ1) is 10.1. The Labute approximate surface area is 120 Å². The van der Waals surface area contributed by atoms with Gasteiger partial charge in [-0.05, 0) is 11.1 Å². The zero-order valence-corrected chi connectivity index (χ0v) is 11.2. The van der Waals surface area contributed by atoms with Gasteiger partial charge in [0.05, 0.1) is 13.0 Å². The van der Waals surface area contributed by atoms with E-state index in [1.54, 1.807) is 30.3 Å². The standard InChI is InChI=1S/C14H15N3O4/c18-13(19)7-10-3-1-2-4-11(10)8-15-14(20)16-9-12-5-6-21-17-12/h1-6H,7-9H2,(H,18,19)(H2,15,16,20). The smallest absolute Gasteiger partial charge is 0.315 e. The lowest BCUT2D eigenvalue weighted by atomic mass is 10.0. The van der Waals surface area contributed by atoms with Crippen LogP contribution in [0.4, 0.5) is 4.79 Å². The summed E-state index contributed by atoms with van der Waals surface area (Å²) in [5.41, 5.74) is 2.08. The number of nitrogens with one attached hydrogen (secondary N) is 2. The average molecular weight is 289 g/mol. The molecule has 1 aromatic heterocycles. The van der Waals surface area contributed by atoms with Gasteiger partial charge in [-0.1, -0.05) is 29.4 Å². The Morgan fingerprint density at radius 1 is 1.10 bits per heavy atom. The van der Waals surface area contributed by atoms with Crippen LogP contribution >= 0.6 is 0 Å². The molecule has 0 fully saturated rings. The molecular weight excluding hydrogens is 274 g/mol. The number of nitrogens with zero attached hydrogens (tertiary/aromatic N) is 1. The molecule has 21 heavy (non-hydrogen) atoms. The number of benzene rings is 1. The van der Waals surface area contributed by atoms with E-state index in [0.717, 1.165) is 5.56 Å². The minimum Gasteiger partial charge on any atom is -0.481 e. The van der Waals surface area contributed by atoms with Crippen LogP contribution in [0.5, 0.6) is 0 Å². The lowest BCUT2D eigenvalue weighted by Gasteiger charge is -2.09. The zero-order valence-electron chi connectivity index (χ0n) is 11.2. The van der Waals surface area contributed by atoms with E-state index in [9.17, 15) is 9.59 Å². The topological polar surface area (TPSA) is 104 Å². The van der Waals surface area contributed by atoms with Crippen molar-refractivity contribution in [1.29, 1.82) is 0 Å². The summed E-state index contributed by atoms with van der Waals surface area (Å²) in [5, 5.41) is 17.8. The predicted molar refractivity (Wildman–Crippen MR) is 73.4 cm³/mol. The SMILES string of the molecule is O=C(O)Cc1ccccc1CNC(=O)NCc1ccon1. The molecule has 7 nitrogen and oxygen atoms in total. The third-order valence-electron chi connectivity index (χ3n) is 2.82. The number of hydrogen-bond donors (Lipinski definition) is 3. The van der Waals surface area contributed by atoms with Gasteiger partial charge in [0, 0.05) is 12.6 Å². The molecule has 2 amide bonds. The van der Waals surface area contributed by atoms with Gasteiger partial charge < -0.3 is 20.3 Å². The molecule has 0 saturated carbocycles. The molecule has 0 aliphatic rings. The van der Waals surface area contributed by atoms with Crippen LogP contribution in [0.15, 0.2) is 41.1 Å². The number of carboxylic acid groups (broad SMARTS) is 1. The van der Waals surface area contributed by atoms with Crippen molar-refractivity contribution in [3.8, 4) is 0 Å². The molecule has 2 aromatic rings. The maximum Gasteiger partial charge on any atom is 0.315 e. The van der Waals surface area contributed by atoms with Gasteiger partial charge >= 0.3 is 12.0 Å². The minimum atomic E-state index is -0.905. The minimum absolute atomic E-state index is 0.0710. The summed E-state index contributed by atoms with van der Waals surface area (Å²) in [4.78, 5) is 22.4. The number of rotatable bonds is 6. The largest absolute Gasteiger partial charge is 0.481 e. The van der Waals surface area contributed by atoms with Crippen LogP contribution < -0.4 is 10.6 Å². The van der Waals surface area contributed by atoms with Crippen molar-refractivity contribution in [3.05, 3.63) is 53.4 Å². The molecule has 0 spiro atoms. The normalized spacial score (nSPS) is 10.1. The van der Waals surface area contributed by atoms with Crippen molar-refractivity contribution < 1.29 is 19.2 Å². The molecule has 0 bridgehead atoms. The second-order valence-electron chi connectivity index (χ2n) is 4.37. The Morgan fingerprint density at radius 3 is 2.48 bits per heavy atom. The number of carbonyl (C=O) groups excluding carboxylic acids is 1. The number of carboxylic acids is 1. The van der Waals surface area contributed by atoms with E-state index in [1.807, 2.05) is 0 Å². The Kier molecular flexibility index (Phi) is 4.92. The third-order valence-corrected chi connectivity index (χ3v) is 2.82. The fraction of sp³-hybridized carbons (Fsp3) is 0.214. The summed E-state index contributed by atoms with van der Waals surface area (Å²) in [6.07, 6.45) is 1.36. The van der Waals surface area contributed by atoms with Gasteiger partial charge in [-0.3, -0.25) is 4.79 Å². The third kappa shape index (κ3) is 4.64. The molecule has 0 aliphatic heterocycles. The number of hydrogen-bond acceptors (Lipinski definition) is 4. The molecule has 1 aromatic carbocycles. The van der Waals surface area contributed by atoms with Crippen LogP contribution in [-0.2, 0) is 24.3 Å². The summed E-state index contributed by atoms with van der Waals surface area (Å²) < 4.78 is 4.65. The summed E-state index contributed by atoms with van der Waals surface area (Å²) in [7, 11) is 0. The molecule has 0 atom stereocenters. The quantitative estimate of drug-likeness (QED) is 0.743. The van der Waals surface area contributed by atoms with Gasteiger partial charge in [0.1, 0.15) is 12.0 Å². The fourth-order valence-electron chi connectivity index (χ4n) is 1.80. The highest BCUT2D eigenvalue weighted by Crippen LogP contribution is 2.09. The fourth-order valence-corrected chi connectivity index (χ4v) is 1.80. The first-order valence-electron chi connectivity index (χ1n) is 6.34. The molecule has 0 saturated heterocycles. The highest BCUT2D eigenvalue weighted by Gasteiger charge is 2.08. The lowest BCUT2D eigenvalue weighted by molar-refractivity contribution is -0.136. The molecular formula is C14H15N3O4. The van der Waals surface area contributed by atoms with E-state index in [2.05, 4.69) is 20.3 Å². The maximum absolute atomic E-state index is 11.6. The Morgan fingerprint density at radius 2 is 1.81 bits per heavy atom. The summed E-state index contributed by atoms with van der Waals surface area (Å²) in [5.74, 6) is -0.905. The summed E-state index contributed by atoms with van der Waals surface area (Å²) >= 11 is 0. The monoisotopic (exact) mass is 289 g/mol. The van der Waals surface area contributed by atoms with Crippen LogP contribution in [0.2, 0.25) is 0 Å². The molecule has 3 N–H and O–H groups in total. The Hall–Kier alpha value is -2.83. The second kappa shape index (κ2) is 7.09. The second-order valence-corrected chi connectivity index (χ2v) is 4.37. The van der Waals surface area contributed by atoms with E-state index in [0.29, 0.717) is 11.3 Å². The zero-order chi connectivity index (χ0) is 15.1. The summed E-state index contributed by atoms with van der Waals surface area (Å²) in [6, 6.07) is 8.39. The van der Waals surface area contributed by atoms with E-state index in [1.165, 1.54) is 6.26 Å².